The highest BCUT2D eigenvalue weighted by Gasteiger charge is 2.43. The highest BCUT2D eigenvalue weighted by atomic mass is 32.2. The lowest BCUT2D eigenvalue weighted by atomic mass is 10.2. The van der Waals surface area contributed by atoms with Gasteiger partial charge in [-0.15, -0.1) is 5.10 Å². The summed E-state index contributed by atoms with van der Waals surface area (Å²) in [6, 6.07) is 0. The normalized spacial score (nSPS) is 26.9. The van der Waals surface area contributed by atoms with Crippen molar-refractivity contribution in [2.45, 2.75) is 42.7 Å². The Morgan fingerprint density at radius 3 is 3.00 bits per heavy atom. The van der Waals surface area contributed by atoms with Gasteiger partial charge >= 0.3 is 0 Å². The SMILES string of the molecule is Nc1nc(SCC2COC3(CCCC3)O2)n[nH]1. The van der Waals surface area contributed by atoms with Crippen LogP contribution in [0, 0.1) is 0 Å². The number of nitrogens with one attached hydrogen (secondary N) is 1. The fourth-order valence-corrected chi connectivity index (χ4v) is 3.14. The summed E-state index contributed by atoms with van der Waals surface area (Å²) in [6.07, 6.45) is 4.61. The Hall–Kier alpha value is -0.790. The van der Waals surface area contributed by atoms with Crippen LogP contribution in [-0.2, 0) is 9.47 Å². The molecule has 94 valence electrons. The van der Waals surface area contributed by atoms with Crippen molar-refractivity contribution in [1.82, 2.24) is 15.2 Å². The molecule has 6 nitrogen and oxygen atoms in total. The summed E-state index contributed by atoms with van der Waals surface area (Å²) in [4.78, 5) is 4.04. The van der Waals surface area contributed by atoms with Crippen molar-refractivity contribution < 1.29 is 9.47 Å². The topological polar surface area (TPSA) is 86.1 Å². The number of rotatable bonds is 3. The van der Waals surface area contributed by atoms with Gasteiger partial charge in [-0.25, -0.2) is 5.10 Å². The van der Waals surface area contributed by atoms with E-state index in [9.17, 15) is 0 Å². The van der Waals surface area contributed by atoms with Gasteiger partial charge in [0.15, 0.2) is 5.79 Å². The minimum atomic E-state index is -0.275. The average Bonchev–Trinajstić information content (AvgIpc) is 3.01. The summed E-state index contributed by atoms with van der Waals surface area (Å²) in [5.74, 6) is 0.880. The fraction of sp³-hybridized carbons (Fsp3) is 0.800. The highest BCUT2D eigenvalue weighted by Crippen LogP contribution is 2.39. The van der Waals surface area contributed by atoms with E-state index in [2.05, 4.69) is 15.2 Å². The van der Waals surface area contributed by atoms with E-state index in [0.29, 0.717) is 17.7 Å². The lowest BCUT2D eigenvalue weighted by Gasteiger charge is -2.21. The van der Waals surface area contributed by atoms with Crippen LogP contribution in [0.15, 0.2) is 5.16 Å². The minimum Gasteiger partial charge on any atom is -0.368 e. The van der Waals surface area contributed by atoms with E-state index in [0.717, 1.165) is 18.6 Å². The second kappa shape index (κ2) is 4.47. The molecular weight excluding hydrogens is 240 g/mol. The van der Waals surface area contributed by atoms with Crippen molar-refractivity contribution in [2.75, 3.05) is 18.1 Å². The summed E-state index contributed by atoms with van der Waals surface area (Å²) < 4.78 is 11.8. The van der Waals surface area contributed by atoms with Crippen molar-refractivity contribution in [3.8, 4) is 0 Å². The van der Waals surface area contributed by atoms with Crippen LogP contribution in [0.5, 0.6) is 0 Å². The summed E-state index contributed by atoms with van der Waals surface area (Å²) in [5, 5.41) is 7.25. The van der Waals surface area contributed by atoms with Crippen molar-refractivity contribution in [3.63, 3.8) is 0 Å². The molecule has 1 spiro atoms. The number of nitrogen functional groups attached to an aromatic ring is 1. The number of nitrogens with two attached hydrogens (primary N) is 1. The maximum Gasteiger partial charge on any atom is 0.216 e. The number of nitrogens with zero attached hydrogens (tertiary/aromatic N) is 2. The summed E-state index contributed by atoms with van der Waals surface area (Å²) in [6.45, 7) is 0.674. The molecule has 1 aromatic heterocycles. The van der Waals surface area contributed by atoms with E-state index < -0.39 is 0 Å². The average molecular weight is 256 g/mol. The number of anilines is 1. The molecule has 1 unspecified atom stereocenters. The summed E-state index contributed by atoms with van der Waals surface area (Å²) in [5.41, 5.74) is 5.46. The molecule has 1 atom stereocenters. The molecule has 0 amide bonds. The molecule has 3 rings (SSSR count). The summed E-state index contributed by atoms with van der Waals surface area (Å²) >= 11 is 1.54. The van der Waals surface area contributed by atoms with E-state index in [1.54, 1.807) is 11.8 Å². The molecule has 1 saturated heterocycles. The number of H-pyrrole nitrogens is 1. The number of thioether (sulfide) groups is 1. The minimum absolute atomic E-state index is 0.137. The molecule has 2 fully saturated rings. The second-order valence-corrected chi connectivity index (χ2v) is 5.47. The maximum absolute atomic E-state index is 6.00. The third kappa shape index (κ3) is 2.41. The summed E-state index contributed by atoms with van der Waals surface area (Å²) in [7, 11) is 0. The first-order valence-corrected chi connectivity index (χ1v) is 6.87. The number of hydrogen-bond acceptors (Lipinski definition) is 6. The van der Waals surface area contributed by atoms with Gasteiger partial charge in [0, 0.05) is 18.6 Å². The van der Waals surface area contributed by atoms with E-state index >= 15 is 0 Å². The molecule has 2 heterocycles. The Labute approximate surface area is 104 Å². The molecule has 17 heavy (non-hydrogen) atoms. The Kier molecular flexibility index (Phi) is 2.97. The molecular formula is C10H16N4O2S. The maximum atomic E-state index is 6.00. The molecule has 0 radical (unpaired) electrons. The van der Waals surface area contributed by atoms with Crippen LogP contribution in [0.4, 0.5) is 5.95 Å². The van der Waals surface area contributed by atoms with Crippen LogP contribution >= 0.6 is 11.8 Å². The van der Waals surface area contributed by atoms with E-state index in [-0.39, 0.29) is 11.9 Å². The fourth-order valence-electron chi connectivity index (χ4n) is 2.36. The lowest BCUT2D eigenvalue weighted by Crippen LogP contribution is -2.27. The molecule has 7 heteroatoms. The predicted molar refractivity (Wildman–Crippen MR) is 63.5 cm³/mol. The number of hydrogen-bond donors (Lipinski definition) is 2. The Morgan fingerprint density at radius 2 is 2.29 bits per heavy atom. The standard InChI is InChI=1S/C10H16N4O2S/c11-8-12-9(14-13-8)17-6-7-5-15-10(16-7)3-1-2-4-10/h7H,1-6H2,(H3,11,12,13,14). The van der Waals surface area contributed by atoms with Gasteiger partial charge in [-0.2, -0.15) is 4.98 Å². The first-order valence-electron chi connectivity index (χ1n) is 5.88. The van der Waals surface area contributed by atoms with Crippen LogP contribution < -0.4 is 5.73 Å². The zero-order valence-corrected chi connectivity index (χ0v) is 10.3. The van der Waals surface area contributed by atoms with Gasteiger partial charge in [0.05, 0.1) is 12.7 Å². The Morgan fingerprint density at radius 1 is 1.47 bits per heavy atom. The van der Waals surface area contributed by atoms with Crippen LogP contribution in [0.3, 0.4) is 0 Å². The van der Waals surface area contributed by atoms with Crippen molar-refractivity contribution in [2.24, 2.45) is 0 Å². The van der Waals surface area contributed by atoms with Gasteiger partial charge in [-0.05, 0) is 12.8 Å². The quantitative estimate of drug-likeness (QED) is 0.789. The van der Waals surface area contributed by atoms with E-state index in [1.165, 1.54) is 12.8 Å². The number of aromatic nitrogens is 3. The first kappa shape index (κ1) is 11.3. The number of ether oxygens (including phenoxy) is 2. The highest BCUT2D eigenvalue weighted by molar-refractivity contribution is 7.99. The molecule has 0 bridgehead atoms. The molecule has 1 aliphatic carbocycles. The zero-order valence-electron chi connectivity index (χ0n) is 9.52. The Bertz CT molecular complexity index is 391. The first-order chi connectivity index (χ1) is 8.26. The number of aromatic amines is 1. The third-order valence-corrected chi connectivity index (χ3v) is 4.14. The van der Waals surface area contributed by atoms with Crippen LogP contribution in [0.2, 0.25) is 0 Å². The Balaban J connectivity index is 1.50. The predicted octanol–water partition coefficient (Wildman–Crippen LogP) is 1.16. The largest absolute Gasteiger partial charge is 0.368 e. The third-order valence-electron chi connectivity index (χ3n) is 3.16. The van der Waals surface area contributed by atoms with Gasteiger partial charge in [-0.1, -0.05) is 11.8 Å². The van der Waals surface area contributed by atoms with Gasteiger partial charge in [0.1, 0.15) is 0 Å². The van der Waals surface area contributed by atoms with Gasteiger partial charge in [-0.3, -0.25) is 0 Å². The van der Waals surface area contributed by atoms with Crippen molar-refractivity contribution >= 4 is 17.7 Å². The molecule has 1 aromatic rings. The second-order valence-electron chi connectivity index (χ2n) is 4.48. The van der Waals surface area contributed by atoms with Crippen LogP contribution in [0.25, 0.3) is 0 Å². The lowest BCUT2D eigenvalue weighted by molar-refractivity contribution is -0.159. The van der Waals surface area contributed by atoms with Gasteiger partial charge < -0.3 is 15.2 Å². The smallest absolute Gasteiger partial charge is 0.216 e. The molecule has 3 N–H and O–H groups in total. The molecule has 1 aliphatic heterocycles. The van der Waals surface area contributed by atoms with E-state index in [4.69, 9.17) is 15.2 Å². The van der Waals surface area contributed by atoms with Crippen molar-refractivity contribution in [3.05, 3.63) is 0 Å². The van der Waals surface area contributed by atoms with Crippen LogP contribution in [0.1, 0.15) is 25.7 Å². The monoisotopic (exact) mass is 256 g/mol. The van der Waals surface area contributed by atoms with Gasteiger partial charge in [0.2, 0.25) is 11.1 Å². The van der Waals surface area contributed by atoms with Crippen molar-refractivity contribution in [1.29, 1.82) is 0 Å². The molecule has 0 aromatic carbocycles. The zero-order chi connectivity index (χ0) is 11.7. The van der Waals surface area contributed by atoms with Gasteiger partial charge in [0.25, 0.3) is 0 Å². The molecule has 1 saturated carbocycles. The molecule has 2 aliphatic rings. The van der Waals surface area contributed by atoms with E-state index in [1.807, 2.05) is 0 Å². The van der Waals surface area contributed by atoms with Crippen LogP contribution in [-0.4, -0.2) is 39.4 Å².